The van der Waals surface area contributed by atoms with Crippen LogP contribution in [0.1, 0.15) is 5.56 Å². The molecule has 0 aliphatic heterocycles. The highest BCUT2D eigenvalue weighted by molar-refractivity contribution is 6.63. The van der Waals surface area contributed by atoms with Gasteiger partial charge >= 0.3 is 0 Å². The second-order valence-corrected chi connectivity index (χ2v) is 6.64. The van der Waals surface area contributed by atoms with E-state index in [1.54, 1.807) is 24.3 Å². The Balaban J connectivity index is 2.08. The summed E-state index contributed by atoms with van der Waals surface area (Å²) in [5, 5.41) is 10.6. The van der Waals surface area contributed by atoms with Crippen molar-refractivity contribution in [3.63, 3.8) is 0 Å². The van der Waals surface area contributed by atoms with E-state index < -0.39 is 11.6 Å². The Hall–Kier alpha value is -3.21. The van der Waals surface area contributed by atoms with Crippen LogP contribution in [0.3, 0.4) is 0 Å². The van der Waals surface area contributed by atoms with Crippen molar-refractivity contribution in [2.75, 3.05) is 33.1 Å². The molecule has 1 N–H and O–H groups in total. The summed E-state index contributed by atoms with van der Waals surface area (Å²) in [4.78, 5) is 26.9. The van der Waals surface area contributed by atoms with Crippen molar-refractivity contribution in [2.45, 2.75) is 0 Å². The first-order valence-electron chi connectivity index (χ1n) is 8.26. The minimum atomic E-state index is -0.674. The largest absolute Gasteiger partial charge is 0.506 e. The monoisotopic (exact) mass is 349 g/mol. The molecule has 5 heteroatoms. The number of nitrogens with zero attached hydrogens (tertiary/aromatic N) is 2. The Bertz CT molecular complexity index is 933. The summed E-state index contributed by atoms with van der Waals surface area (Å²) in [6.07, 6.45) is 7.17. The number of rotatable bonds is 2. The summed E-state index contributed by atoms with van der Waals surface area (Å²) >= 11 is 0. The predicted molar refractivity (Wildman–Crippen MR) is 103 cm³/mol. The quantitative estimate of drug-likeness (QED) is 0.506. The lowest BCUT2D eigenvalue weighted by Gasteiger charge is -2.12. The number of benzene rings is 1. The fourth-order valence-electron chi connectivity index (χ4n) is 2.96. The second kappa shape index (κ2) is 6.59. The third-order valence-electron chi connectivity index (χ3n) is 4.48. The van der Waals surface area contributed by atoms with Gasteiger partial charge in [-0.1, -0.05) is 12.1 Å². The Morgan fingerprint density at radius 2 is 1.38 bits per heavy atom. The molecule has 3 rings (SSSR count). The molecule has 0 heterocycles. The average molecular weight is 349 g/mol. The van der Waals surface area contributed by atoms with Crippen LogP contribution < -0.4 is 4.90 Å². The van der Waals surface area contributed by atoms with Gasteiger partial charge in [0, 0.05) is 31.9 Å². The van der Waals surface area contributed by atoms with E-state index in [1.807, 2.05) is 62.0 Å². The lowest BCUT2D eigenvalue weighted by Crippen LogP contribution is -2.13. The molecule has 132 valence electrons. The first-order chi connectivity index (χ1) is 12.3. The fourth-order valence-corrected chi connectivity index (χ4v) is 2.96. The van der Waals surface area contributed by atoms with Crippen molar-refractivity contribution in [2.24, 2.45) is 0 Å². The molecule has 0 saturated heterocycles. The van der Waals surface area contributed by atoms with Crippen molar-refractivity contribution in [3.8, 4) is 0 Å². The zero-order valence-electron chi connectivity index (χ0n) is 15.3. The van der Waals surface area contributed by atoms with E-state index in [0.29, 0.717) is 11.1 Å². The van der Waals surface area contributed by atoms with E-state index in [2.05, 4.69) is 0 Å². The number of carbonyl (C=O) groups is 2. The van der Waals surface area contributed by atoms with Crippen molar-refractivity contribution in [1.82, 2.24) is 0 Å². The van der Waals surface area contributed by atoms with Crippen molar-refractivity contribution in [1.29, 1.82) is 0 Å². The summed E-state index contributed by atoms with van der Waals surface area (Å²) < 4.78 is 1.93. The van der Waals surface area contributed by atoms with E-state index in [4.69, 9.17) is 0 Å². The van der Waals surface area contributed by atoms with E-state index >= 15 is 0 Å². The Labute approximate surface area is 152 Å². The predicted octanol–water partition coefficient (Wildman–Crippen LogP) is 2.31. The fraction of sp³-hybridized carbons (Fsp3) is 0.190. The first kappa shape index (κ1) is 17.6. The number of Topliss-reactive ketones (excluding diaryl/α,β-unsaturated/α-hetero) is 2. The number of aliphatic hydroxyl groups excluding tert-OH is 1. The normalized spacial score (nSPS) is 16.8. The van der Waals surface area contributed by atoms with Gasteiger partial charge in [0.05, 0.1) is 11.1 Å². The molecule has 0 bridgehead atoms. The Kier molecular flexibility index (Phi) is 4.47. The van der Waals surface area contributed by atoms with Gasteiger partial charge in [0.15, 0.2) is 5.71 Å². The number of ketones is 2. The molecule has 5 nitrogen and oxygen atoms in total. The molecular weight excluding hydrogens is 328 g/mol. The molecule has 0 saturated carbocycles. The SMILES string of the molecule is CN(C)c1ccc(C2=C(O)C(=C3C=CC(=[N+](C)C)C=C3)C(=O)C2=O)cc1. The van der Waals surface area contributed by atoms with Gasteiger partial charge in [-0.05, 0) is 35.4 Å². The summed E-state index contributed by atoms with van der Waals surface area (Å²) in [6, 6.07) is 7.17. The summed E-state index contributed by atoms with van der Waals surface area (Å²) in [5.74, 6) is -1.60. The van der Waals surface area contributed by atoms with Crippen LogP contribution in [0.15, 0.2) is 65.5 Å². The summed E-state index contributed by atoms with van der Waals surface area (Å²) in [5.41, 5.74) is 3.12. The molecule has 0 aromatic heterocycles. The highest BCUT2D eigenvalue weighted by atomic mass is 16.3. The number of anilines is 1. The minimum absolute atomic E-state index is 0.0620. The van der Waals surface area contributed by atoms with Gasteiger partial charge in [-0.3, -0.25) is 9.59 Å². The molecule has 26 heavy (non-hydrogen) atoms. The Morgan fingerprint density at radius 3 is 1.88 bits per heavy atom. The third kappa shape index (κ3) is 2.92. The van der Waals surface area contributed by atoms with Crippen LogP contribution in [0.2, 0.25) is 0 Å². The molecule has 0 amide bonds. The van der Waals surface area contributed by atoms with E-state index in [1.165, 1.54) is 0 Å². The van der Waals surface area contributed by atoms with Gasteiger partial charge in [-0.15, -0.1) is 0 Å². The van der Waals surface area contributed by atoms with Gasteiger partial charge in [0.1, 0.15) is 19.9 Å². The molecule has 0 fully saturated rings. The lowest BCUT2D eigenvalue weighted by molar-refractivity contribution is -0.462. The van der Waals surface area contributed by atoms with Crippen molar-refractivity contribution in [3.05, 3.63) is 71.0 Å². The topological polar surface area (TPSA) is 60.6 Å². The number of hydrogen-bond acceptors (Lipinski definition) is 4. The lowest BCUT2D eigenvalue weighted by atomic mass is 10.00. The molecule has 1 aromatic carbocycles. The molecule has 0 atom stereocenters. The zero-order chi connectivity index (χ0) is 19.0. The van der Waals surface area contributed by atoms with Crippen LogP contribution in [0.25, 0.3) is 5.57 Å². The molecule has 0 unspecified atom stereocenters. The van der Waals surface area contributed by atoms with E-state index in [9.17, 15) is 14.7 Å². The number of aliphatic hydroxyl groups is 1. The maximum Gasteiger partial charge on any atom is 0.238 e. The van der Waals surface area contributed by atoms with Gasteiger partial charge < -0.3 is 10.0 Å². The van der Waals surface area contributed by atoms with Crippen LogP contribution >= 0.6 is 0 Å². The maximum atomic E-state index is 12.5. The zero-order valence-corrected chi connectivity index (χ0v) is 15.3. The van der Waals surface area contributed by atoms with Crippen LogP contribution in [0, 0.1) is 0 Å². The molecule has 2 aliphatic carbocycles. The van der Waals surface area contributed by atoms with E-state index in [0.717, 1.165) is 11.4 Å². The number of allylic oxidation sites excluding steroid dienone is 7. The molecule has 0 spiro atoms. The van der Waals surface area contributed by atoms with Crippen LogP contribution in [-0.2, 0) is 9.59 Å². The Morgan fingerprint density at radius 1 is 0.846 bits per heavy atom. The van der Waals surface area contributed by atoms with Gasteiger partial charge in [-0.25, -0.2) is 4.58 Å². The molecule has 1 aromatic rings. The maximum absolute atomic E-state index is 12.5. The van der Waals surface area contributed by atoms with Crippen molar-refractivity contribution >= 4 is 28.5 Å². The second-order valence-electron chi connectivity index (χ2n) is 6.64. The van der Waals surface area contributed by atoms with Crippen molar-refractivity contribution < 1.29 is 19.3 Å². The number of carbonyl (C=O) groups excluding carboxylic acids is 2. The van der Waals surface area contributed by atoms with Crippen LogP contribution in [0.5, 0.6) is 0 Å². The van der Waals surface area contributed by atoms with Crippen LogP contribution in [0.4, 0.5) is 5.69 Å². The summed E-state index contributed by atoms with van der Waals surface area (Å²) in [7, 11) is 7.66. The van der Waals surface area contributed by atoms with Gasteiger partial charge in [0.25, 0.3) is 0 Å². The average Bonchev–Trinajstić information content (AvgIpc) is 2.84. The molecule has 2 aliphatic rings. The summed E-state index contributed by atoms with van der Waals surface area (Å²) in [6.45, 7) is 0. The smallest absolute Gasteiger partial charge is 0.238 e. The van der Waals surface area contributed by atoms with E-state index in [-0.39, 0.29) is 16.9 Å². The van der Waals surface area contributed by atoms with Gasteiger partial charge in [0.2, 0.25) is 11.6 Å². The third-order valence-corrected chi connectivity index (χ3v) is 4.48. The van der Waals surface area contributed by atoms with Gasteiger partial charge in [-0.2, -0.15) is 0 Å². The molecular formula is C21H21N2O3+. The highest BCUT2D eigenvalue weighted by Crippen LogP contribution is 2.34. The molecule has 0 radical (unpaired) electrons. The first-order valence-corrected chi connectivity index (χ1v) is 8.26. The highest BCUT2D eigenvalue weighted by Gasteiger charge is 2.38. The standard InChI is InChI=1S/C21H20N2O3/c1-22(2)15-9-5-13(6-10-15)17-19(24)18(21(26)20(17)25)14-7-11-16(12-8-14)23(3)4/h5-12H,1-4H3/p+1. The minimum Gasteiger partial charge on any atom is -0.506 e. The number of hydrogen-bond donors (Lipinski definition) is 1. The van der Waals surface area contributed by atoms with Crippen LogP contribution in [-0.4, -0.2) is 55.2 Å².